The van der Waals surface area contributed by atoms with Crippen molar-refractivity contribution in [2.45, 2.75) is 32.3 Å². The zero-order valence-corrected chi connectivity index (χ0v) is 14.9. The molecule has 23 heavy (non-hydrogen) atoms. The van der Waals surface area contributed by atoms with Gasteiger partial charge in [-0.2, -0.15) is 0 Å². The highest BCUT2D eigenvalue weighted by Crippen LogP contribution is 2.47. The van der Waals surface area contributed by atoms with E-state index in [9.17, 15) is 5.11 Å². The van der Waals surface area contributed by atoms with Gasteiger partial charge in [0.05, 0.1) is 18.8 Å². The Morgan fingerprint density at radius 3 is 2.65 bits per heavy atom. The van der Waals surface area contributed by atoms with Gasteiger partial charge in [-0.3, -0.25) is 0 Å². The molecule has 0 aromatic heterocycles. The summed E-state index contributed by atoms with van der Waals surface area (Å²) in [5.41, 5.74) is 2.27. The van der Waals surface area contributed by atoms with Crippen molar-refractivity contribution < 1.29 is 9.84 Å². The Hall–Kier alpha value is -1.35. The van der Waals surface area contributed by atoms with Gasteiger partial charge in [-0.1, -0.05) is 42.5 Å². The fraction of sp³-hybridized carbons (Fsp3) is 0.400. The minimum absolute atomic E-state index is 0.399. The normalized spacial score (nSPS) is 23.5. The van der Waals surface area contributed by atoms with Gasteiger partial charge in [-0.15, -0.1) is 13.2 Å². The molecule has 0 spiro atoms. The number of rotatable bonds is 6. The SMILES string of the molecule is C=C.C=C/C(=C\C)COCC1CC(O)(c2cccc(Cl)c2C)C1. The van der Waals surface area contributed by atoms with Crippen LogP contribution >= 0.6 is 11.6 Å². The van der Waals surface area contributed by atoms with E-state index in [0.29, 0.717) is 24.2 Å². The topological polar surface area (TPSA) is 29.5 Å². The van der Waals surface area contributed by atoms with Crippen molar-refractivity contribution in [1.29, 1.82) is 0 Å². The van der Waals surface area contributed by atoms with Crippen molar-refractivity contribution in [3.05, 3.63) is 71.8 Å². The third-order valence-electron chi connectivity index (χ3n) is 4.28. The van der Waals surface area contributed by atoms with Crippen LogP contribution in [0, 0.1) is 12.8 Å². The average molecular weight is 335 g/mol. The maximum atomic E-state index is 10.7. The summed E-state index contributed by atoms with van der Waals surface area (Å²) in [6, 6.07) is 5.72. The zero-order valence-electron chi connectivity index (χ0n) is 14.1. The molecule has 0 radical (unpaired) electrons. The molecule has 1 saturated carbocycles. The standard InChI is InChI=1S/C18H23ClO2.C2H4/c1-4-14(5-2)11-21-12-15-9-18(20,10-15)16-7-6-8-17(19)13(16)3;1-2/h4-8,15,20H,1,9-12H2,2-3H3;1-2H2/b14-5+;. The first-order valence-electron chi connectivity index (χ1n) is 7.83. The molecule has 1 aromatic rings. The zero-order chi connectivity index (χ0) is 17.5. The molecule has 0 atom stereocenters. The summed E-state index contributed by atoms with van der Waals surface area (Å²) in [6.45, 7) is 14.9. The van der Waals surface area contributed by atoms with Gasteiger partial charge < -0.3 is 9.84 Å². The van der Waals surface area contributed by atoms with Gasteiger partial charge in [0.2, 0.25) is 0 Å². The van der Waals surface area contributed by atoms with E-state index >= 15 is 0 Å². The predicted octanol–water partition coefficient (Wildman–Crippen LogP) is 5.20. The van der Waals surface area contributed by atoms with E-state index in [-0.39, 0.29) is 0 Å². The molecule has 3 heteroatoms. The van der Waals surface area contributed by atoms with Crippen LogP contribution in [0.5, 0.6) is 0 Å². The molecule has 1 aliphatic rings. The van der Waals surface area contributed by atoms with E-state index in [1.807, 2.05) is 44.2 Å². The monoisotopic (exact) mass is 334 g/mol. The van der Waals surface area contributed by atoms with E-state index < -0.39 is 5.60 Å². The molecule has 0 unspecified atom stereocenters. The van der Waals surface area contributed by atoms with Crippen molar-refractivity contribution in [2.75, 3.05) is 13.2 Å². The molecule has 0 amide bonds. The number of benzene rings is 1. The molecule has 2 nitrogen and oxygen atoms in total. The Morgan fingerprint density at radius 1 is 1.43 bits per heavy atom. The lowest BCUT2D eigenvalue weighted by Crippen LogP contribution is -2.43. The molecule has 1 N–H and O–H groups in total. The van der Waals surface area contributed by atoms with E-state index in [4.69, 9.17) is 16.3 Å². The van der Waals surface area contributed by atoms with E-state index in [2.05, 4.69) is 19.7 Å². The molecule has 0 bridgehead atoms. The molecular weight excluding hydrogens is 308 g/mol. The highest BCUT2D eigenvalue weighted by atomic mass is 35.5. The highest BCUT2D eigenvalue weighted by Gasteiger charge is 2.44. The van der Waals surface area contributed by atoms with Crippen molar-refractivity contribution in [2.24, 2.45) is 5.92 Å². The second kappa shape index (κ2) is 9.07. The molecule has 2 rings (SSSR count). The Labute approximate surface area is 145 Å². The highest BCUT2D eigenvalue weighted by molar-refractivity contribution is 6.31. The fourth-order valence-electron chi connectivity index (χ4n) is 2.95. The van der Waals surface area contributed by atoms with Crippen LogP contribution in [0.4, 0.5) is 0 Å². The molecule has 1 aromatic carbocycles. The van der Waals surface area contributed by atoms with Crippen LogP contribution in [0.1, 0.15) is 30.9 Å². The first-order chi connectivity index (χ1) is 11.0. The lowest BCUT2D eigenvalue weighted by molar-refractivity contribution is -0.101. The quantitative estimate of drug-likeness (QED) is 0.572. The van der Waals surface area contributed by atoms with E-state index in [0.717, 1.165) is 29.5 Å². The van der Waals surface area contributed by atoms with Gasteiger partial charge >= 0.3 is 0 Å². The van der Waals surface area contributed by atoms with Crippen molar-refractivity contribution in [1.82, 2.24) is 0 Å². The van der Waals surface area contributed by atoms with Crippen LogP contribution in [0.25, 0.3) is 0 Å². The second-order valence-electron chi connectivity index (χ2n) is 5.80. The van der Waals surface area contributed by atoms with Crippen LogP contribution < -0.4 is 0 Å². The molecule has 1 fully saturated rings. The Bertz CT molecular complexity index is 557. The number of hydrogen-bond donors (Lipinski definition) is 1. The number of hydrogen-bond acceptors (Lipinski definition) is 2. The lowest BCUT2D eigenvalue weighted by atomic mass is 9.67. The number of ether oxygens (including phenoxy) is 1. The number of halogens is 1. The summed E-state index contributed by atoms with van der Waals surface area (Å²) >= 11 is 6.14. The van der Waals surface area contributed by atoms with Crippen LogP contribution in [-0.4, -0.2) is 18.3 Å². The van der Waals surface area contributed by atoms with Crippen molar-refractivity contribution in [3.63, 3.8) is 0 Å². The van der Waals surface area contributed by atoms with Gasteiger partial charge in [-0.25, -0.2) is 0 Å². The van der Waals surface area contributed by atoms with Gasteiger partial charge in [-0.05, 0) is 55.4 Å². The summed E-state index contributed by atoms with van der Waals surface area (Å²) in [5, 5.41) is 11.4. The fourth-order valence-corrected chi connectivity index (χ4v) is 3.12. The summed E-state index contributed by atoms with van der Waals surface area (Å²) in [4.78, 5) is 0. The third-order valence-corrected chi connectivity index (χ3v) is 4.69. The number of allylic oxidation sites excluding steroid dienone is 1. The largest absolute Gasteiger partial charge is 0.385 e. The molecule has 1 aliphatic carbocycles. The van der Waals surface area contributed by atoms with Crippen molar-refractivity contribution >= 4 is 11.6 Å². The third kappa shape index (κ3) is 4.81. The molecule has 0 saturated heterocycles. The Kier molecular flexibility index (Phi) is 7.77. The van der Waals surface area contributed by atoms with Crippen LogP contribution in [0.2, 0.25) is 5.02 Å². The van der Waals surface area contributed by atoms with Crippen molar-refractivity contribution in [3.8, 4) is 0 Å². The molecular formula is C20H27ClO2. The lowest BCUT2D eigenvalue weighted by Gasteiger charge is -2.44. The van der Waals surface area contributed by atoms with Gasteiger partial charge in [0, 0.05) is 5.02 Å². The smallest absolute Gasteiger partial charge is 0.0906 e. The summed E-state index contributed by atoms with van der Waals surface area (Å²) in [7, 11) is 0. The average Bonchev–Trinajstić information content (AvgIpc) is 2.54. The van der Waals surface area contributed by atoms with Crippen LogP contribution in [0.15, 0.2) is 55.7 Å². The Morgan fingerprint density at radius 2 is 2.09 bits per heavy atom. The Balaban J connectivity index is 0.00000127. The van der Waals surface area contributed by atoms with Crippen LogP contribution in [0.3, 0.4) is 0 Å². The van der Waals surface area contributed by atoms with Gasteiger partial charge in [0.15, 0.2) is 0 Å². The first kappa shape index (κ1) is 19.7. The predicted molar refractivity (Wildman–Crippen MR) is 98.8 cm³/mol. The van der Waals surface area contributed by atoms with Gasteiger partial charge in [0.1, 0.15) is 0 Å². The minimum atomic E-state index is -0.745. The second-order valence-corrected chi connectivity index (χ2v) is 6.21. The molecule has 0 aliphatic heterocycles. The number of aliphatic hydroxyl groups is 1. The van der Waals surface area contributed by atoms with Crippen LogP contribution in [-0.2, 0) is 10.3 Å². The first-order valence-corrected chi connectivity index (χ1v) is 8.21. The van der Waals surface area contributed by atoms with E-state index in [1.54, 1.807) is 0 Å². The molecule has 126 valence electrons. The van der Waals surface area contributed by atoms with E-state index in [1.165, 1.54) is 0 Å². The summed E-state index contributed by atoms with van der Waals surface area (Å²) in [6.07, 6.45) is 5.27. The summed E-state index contributed by atoms with van der Waals surface area (Å²) in [5.74, 6) is 0.399. The molecule has 0 heterocycles. The summed E-state index contributed by atoms with van der Waals surface area (Å²) < 4.78 is 5.69. The maximum absolute atomic E-state index is 10.7. The maximum Gasteiger partial charge on any atom is 0.0906 e. The minimum Gasteiger partial charge on any atom is -0.385 e. The van der Waals surface area contributed by atoms with Gasteiger partial charge in [0.25, 0.3) is 0 Å².